The summed E-state index contributed by atoms with van der Waals surface area (Å²) in [6.45, 7) is 1.48. The quantitative estimate of drug-likeness (QED) is 0.396. The maximum atomic E-state index is 13.3. The summed E-state index contributed by atoms with van der Waals surface area (Å²) >= 11 is 0. The van der Waals surface area contributed by atoms with Crippen LogP contribution in [0.4, 0.5) is 17.6 Å². The van der Waals surface area contributed by atoms with Gasteiger partial charge in [-0.05, 0) is 0 Å². The zero-order valence-electron chi connectivity index (χ0n) is 7.98. The second-order valence-electron chi connectivity index (χ2n) is 3.21. The van der Waals surface area contributed by atoms with Gasteiger partial charge < -0.3 is 0 Å². The van der Waals surface area contributed by atoms with Gasteiger partial charge in [-0.15, -0.1) is 0 Å². The zero-order valence-corrected chi connectivity index (χ0v) is 7.98. The molecule has 5 heteroatoms. The van der Waals surface area contributed by atoms with Crippen LogP contribution in [0.5, 0.6) is 0 Å². The maximum absolute atomic E-state index is 13.3. The van der Waals surface area contributed by atoms with Gasteiger partial charge in [-0.25, -0.2) is 0 Å². The molecule has 0 saturated heterocycles. The van der Waals surface area contributed by atoms with Crippen molar-refractivity contribution in [2.75, 3.05) is 0 Å². The molecule has 0 fully saturated rings. The molecule has 0 spiro atoms. The van der Waals surface area contributed by atoms with Gasteiger partial charge in [0.05, 0.1) is 0 Å². The van der Waals surface area contributed by atoms with E-state index in [4.69, 9.17) is 0 Å². The van der Waals surface area contributed by atoms with Gasteiger partial charge in [0.25, 0.3) is 0 Å². The van der Waals surface area contributed by atoms with Crippen molar-refractivity contribution in [2.45, 2.75) is 0 Å². The molecule has 0 saturated carbocycles. The molecule has 2 aromatic rings. The Hall–Kier alpha value is -1.65. The van der Waals surface area contributed by atoms with Gasteiger partial charge >= 0.3 is 89.0 Å². The molecule has 0 unspecified atom stereocenters. The molecule has 80 valence electrons. The standard InChI is InChI=1S/C11H5BF4/c13-8-5-6(7-3-1-2-4-12-7)9(14)11(16)10(8)15/h1-5H. The van der Waals surface area contributed by atoms with E-state index in [2.05, 4.69) is 0 Å². The first kappa shape index (κ1) is 10.9. The second kappa shape index (κ2) is 4.08. The molecule has 0 atom stereocenters. The van der Waals surface area contributed by atoms with Crippen LogP contribution in [-0.4, -0.2) is 6.91 Å². The molecular weight excluding hydrogens is 219 g/mol. The van der Waals surface area contributed by atoms with Crippen LogP contribution in [0.3, 0.4) is 0 Å². The van der Waals surface area contributed by atoms with E-state index in [1.165, 1.54) is 13.0 Å². The van der Waals surface area contributed by atoms with Gasteiger partial charge in [-0.2, -0.15) is 0 Å². The number of halogens is 4. The molecule has 16 heavy (non-hydrogen) atoms. The van der Waals surface area contributed by atoms with Crippen molar-refractivity contribution in [1.82, 2.24) is 0 Å². The average Bonchev–Trinajstić information content (AvgIpc) is 2.32. The predicted molar refractivity (Wildman–Crippen MR) is 53.1 cm³/mol. The van der Waals surface area contributed by atoms with Crippen LogP contribution in [0, 0.1) is 23.3 Å². The number of rotatable bonds is 1. The summed E-state index contributed by atoms with van der Waals surface area (Å²) in [5, 5.41) is 0. The van der Waals surface area contributed by atoms with Crippen LogP contribution >= 0.6 is 0 Å². The molecule has 2 rings (SSSR count). The van der Waals surface area contributed by atoms with Crippen molar-refractivity contribution in [3.05, 3.63) is 53.5 Å². The Morgan fingerprint density at radius 3 is 2.25 bits per heavy atom. The molecule has 0 amide bonds. The first-order chi connectivity index (χ1) is 7.61. The number of hydrogen-bond donors (Lipinski definition) is 0. The number of benzene rings is 1. The third kappa shape index (κ3) is 1.73. The van der Waals surface area contributed by atoms with E-state index in [1.807, 2.05) is 0 Å². The summed E-state index contributed by atoms with van der Waals surface area (Å²) in [6, 6.07) is 5.39. The molecule has 0 bridgehead atoms. The fourth-order valence-corrected chi connectivity index (χ4v) is 1.40. The normalized spacial score (nSPS) is 10.2. The van der Waals surface area contributed by atoms with E-state index >= 15 is 0 Å². The van der Waals surface area contributed by atoms with E-state index in [0.717, 1.165) is 0 Å². The van der Waals surface area contributed by atoms with E-state index < -0.39 is 23.3 Å². The third-order valence-electron chi connectivity index (χ3n) is 2.19. The molecule has 1 heterocycles. The Morgan fingerprint density at radius 2 is 1.62 bits per heavy atom. The Morgan fingerprint density at radius 1 is 0.875 bits per heavy atom. The van der Waals surface area contributed by atoms with Crippen LogP contribution in [-0.2, 0) is 0 Å². The SMILES string of the molecule is Fc1cc(-c2bcccc2)c(F)c(F)c1F. The summed E-state index contributed by atoms with van der Waals surface area (Å²) in [6.07, 6.45) is 0. The average molecular weight is 224 g/mol. The van der Waals surface area contributed by atoms with Crippen LogP contribution in [0.2, 0.25) is 0 Å². The summed E-state index contributed by atoms with van der Waals surface area (Å²) in [5.74, 6) is -4.78. The summed E-state index contributed by atoms with van der Waals surface area (Å²) < 4.78 is 51.9. The van der Waals surface area contributed by atoms with E-state index in [9.17, 15) is 17.6 Å². The molecule has 0 aliphatic carbocycles. The second-order valence-corrected chi connectivity index (χ2v) is 3.21. The zero-order chi connectivity index (χ0) is 11.7. The van der Waals surface area contributed by atoms with Gasteiger partial charge in [0, 0.05) is 0 Å². The van der Waals surface area contributed by atoms with Crippen molar-refractivity contribution in [1.29, 1.82) is 0 Å². The van der Waals surface area contributed by atoms with Crippen LogP contribution in [0.15, 0.2) is 30.2 Å². The summed E-state index contributed by atoms with van der Waals surface area (Å²) in [7, 11) is 0. The van der Waals surface area contributed by atoms with Crippen molar-refractivity contribution in [2.24, 2.45) is 0 Å². The van der Waals surface area contributed by atoms with E-state index in [-0.39, 0.29) is 11.0 Å². The van der Waals surface area contributed by atoms with Gasteiger partial charge in [0.15, 0.2) is 0 Å². The molecule has 0 nitrogen and oxygen atoms in total. The molecule has 0 aliphatic heterocycles. The minimum atomic E-state index is -1.79. The Labute approximate surface area is 89.8 Å². The minimum absolute atomic E-state index is 0.290. The van der Waals surface area contributed by atoms with Gasteiger partial charge in [-0.3, -0.25) is 0 Å². The van der Waals surface area contributed by atoms with Crippen molar-refractivity contribution >= 4 is 6.91 Å². The topological polar surface area (TPSA) is 0 Å². The van der Waals surface area contributed by atoms with Crippen LogP contribution in [0.25, 0.3) is 11.0 Å². The van der Waals surface area contributed by atoms with Gasteiger partial charge in [-0.1, -0.05) is 0 Å². The van der Waals surface area contributed by atoms with E-state index in [0.29, 0.717) is 6.07 Å². The summed E-state index contributed by atoms with van der Waals surface area (Å²) in [4.78, 5) is 0. The molecular formula is C11H5BF4. The fourth-order valence-electron chi connectivity index (χ4n) is 1.40. The predicted octanol–water partition coefficient (Wildman–Crippen LogP) is 3.25. The molecule has 1 aromatic heterocycles. The molecule has 0 aliphatic rings. The Balaban J connectivity index is 2.68. The van der Waals surface area contributed by atoms with Crippen LogP contribution < -0.4 is 0 Å². The molecule has 1 aromatic carbocycles. The van der Waals surface area contributed by atoms with Crippen molar-refractivity contribution in [3.63, 3.8) is 0 Å². The summed E-state index contributed by atoms with van der Waals surface area (Å²) in [5.41, 5.74) is -0.00481. The van der Waals surface area contributed by atoms with E-state index in [1.54, 1.807) is 18.1 Å². The Kier molecular flexibility index (Phi) is 2.77. The third-order valence-corrected chi connectivity index (χ3v) is 2.19. The number of hydrogen-bond acceptors (Lipinski definition) is 0. The van der Waals surface area contributed by atoms with Gasteiger partial charge in [0.2, 0.25) is 0 Å². The monoisotopic (exact) mass is 224 g/mol. The molecule has 0 N–H and O–H groups in total. The Bertz CT molecular complexity index is 525. The van der Waals surface area contributed by atoms with Crippen molar-refractivity contribution in [3.8, 4) is 11.0 Å². The molecule has 0 radical (unpaired) electrons. The first-order valence-electron chi connectivity index (χ1n) is 4.49. The van der Waals surface area contributed by atoms with Gasteiger partial charge in [0.1, 0.15) is 0 Å². The first-order valence-corrected chi connectivity index (χ1v) is 4.49. The van der Waals surface area contributed by atoms with Crippen LogP contribution in [0.1, 0.15) is 0 Å². The fraction of sp³-hybridized carbons (Fsp3) is 0. The van der Waals surface area contributed by atoms with Crippen molar-refractivity contribution < 1.29 is 17.6 Å².